The Morgan fingerprint density at radius 1 is 0.769 bits per heavy atom. The van der Waals surface area contributed by atoms with E-state index in [-0.39, 0.29) is 0 Å². The molecule has 0 spiro atoms. The van der Waals surface area contributed by atoms with Crippen LogP contribution >= 0.6 is 11.8 Å². The van der Waals surface area contributed by atoms with Gasteiger partial charge in [-0.15, -0.1) is 11.8 Å². The average molecular weight is 361 g/mol. The predicted octanol–water partition coefficient (Wildman–Crippen LogP) is 5.34. The van der Waals surface area contributed by atoms with E-state index in [9.17, 15) is 0 Å². The van der Waals surface area contributed by atoms with Crippen molar-refractivity contribution in [2.24, 2.45) is 0 Å². The number of rotatable bonds is 5. The van der Waals surface area contributed by atoms with Crippen molar-refractivity contribution in [1.29, 1.82) is 0 Å². The third kappa shape index (κ3) is 3.48. The van der Waals surface area contributed by atoms with Crippen molar-refractivity contribution in [3.8, 4) is 11.5 Å². The molecule has 2 aromatic heterocycles. The summed E-state index contributed by atoms with van der Waals surface area (Å²) in [6.07, 6.45) is 0. The molecule has 0 aliphatic carbocycles. The molecule has 0 amide bonds. The Morgan fingerprint density at radius 2 is 1.42 bits per heavy atom. The zero-order valence-corrected chi connectivity index (χ0v) is 15.6. The van der Waals surface area contributed by atoms with Crippen LogP contribution in [0.4, 0.5) is 0 Å². The first kappa shape index (κ1) is 16.8. The number of aromatic nitrogens is 3. The summed E-state index contributed by atoms with van der Waals surface area (Å²) in [5.74, 6) is 3.14. The van der Waals surface area contributed by atoms with Gasteiger partial charge >= 0.3 is 0 Å². The minimum absolute atomic E-state index is 0.681. The van der Waals surface area contributed by atoms with Crippen LogP contribution in [0.1, 0.15) is 22.8 Å². The molecule has 2 heterocycles. The van der Waals surface area contributed by atoms with Crippen molar-refractivity contribution >= 4 is 22.8 Å². The number of oxazole rings is 1. The highest BCUT2D eigenvalue weighted by atomic mass is 32.2. The van der Waals surface area contributed by atoms with Gasteiger partial charge in [-0.05, 0) is 38.1 Å². The molecule has 0 N–H and O–H groups in total. The zero-order valence-electron chi connectivity index (χ0n) is 14.8. The van der Waals surface area contributed by atoms with Gasteiger partial charge in [0.1, 0.15) is 5.76 Å². The first-order chi connectivity index (χ1) is 12.7. The molecular weight excluding hydrogens is 342 g/mol. The molecule has 130 valence electrons. The zero-order chi connectivity index (χ0) is 17.9. The van der Waals surface area contributed by atoms with E-state index in [0.717, 1.165) is 50.9 Å². The van der Waals surface area contributed by atoms with Crippen LogP contribution in [0.15, 0.2) is 59.0 Å². The van der Waals surface area contributed by atoms with Crippen LogP contribution in [0.3, 0.4) is 0 Å². The first-order valence-corrected chi connectivity index (χ1v) is 9.68. The van der Waals surface area contributed by atoms with Crippen molar-refractivity contribution in [3.63, 3.8) is 0 Å². The van der Waals surface area contributed by atoms with Crippen LogP contribution in [-0.4, -0.2) is 15.0 Å². The number of hydrogen-bond donors (Lipinski definition) is 0. The summed E-state index contributed by atoms with van der Waals surface area (Å²) in [7, 11) is 0. The van der Waals surface area contributed by atoms with E-state index in [1.807, 2.05) is 68.4 Å². The summed E-state index contributed by atoms with van der Waals surface area (Å²) in [6.45, 7) is 3.99. The molecule has 4 nitrogen and oxygen atoms in total. The van der Waals surface area contributed by atoms with Gasteiger partial charge < -0.3 is 4.42 Å². The monoisotopic (exact) mass is 361 g/mol. The van der Waals surface area contributed by atoms with Crippen LogP contribution < -0.4 is 0 Å². The van der Waals surface area contributed by atoms with E-state index in [2.05, 4.69) is 9.97 Å². The number of fused-ring (bicyclic) bond motifs is 1. The summed E-state index contributed by atoms with van der Waals surface area (Å²) in [6, 6.07) is 18.0. The lowest BCUT2D eigenvalue weighted by molar-refractivity contribution is 0.540. The maximum absolute atomic E-state index is 5.83. The molecule has 2 aromatic carbocycles. The summed E-state index contributed by atoms with van der Waals surface area (Å²) < 4.78 is 5.83. The molecule has 0 fully saturated rings. The first-order valence-electron chi connectivity index (χ1n) is 8.52. The summed E-state index contributed by atoms with van der Waals surface area (Å²) in [5, 5.41) is 0. The van der Waals surface area contributed by atoms with E-state index in [4.69, 9.17) is 9.40 Å². The fourth-order valence-corrected chi connectivity index (χ4v) is 3.80. The highest BCUT2D eigenvalue weighted by Gasteiger charge is 2.12. The van der Waals surface area contributed by atoms with Gasteiger partial charge in [0.15, 0.2) is 0 Å². The average Bonchev–Trinajstić information content (AvgIpc) is 3.04. The van der Waals surface area contributed by atoms with Gasteiger partial charge in [-0.2, -0.15) is 0 Å². The Bertz CT molecular complexity index is 1040. The second kappa shape index (κ2) is 7.30. The summed E-state index contributed by atoms with van der Waals surface area (Å²) >= 11 is 1.78. The highest BCUT2D eigenvalue weighted by Crippen LogP contribution is 2.26. The van der Waals surface area contributed by atoms with Crippen LogP contribution in [-0.2, 0) is 11.5 Å². The quantitative estimate of drug-likeness (QED) is 0.480. The van der Waals surface area contributed by atoms with Gasteiger partial charge in [0.2, 0.25) is 5.89 Å². The van der Waals surface area contributed by atoms with Crippen LogP contribution in [0.5, 0.6) is 0 Å². The van der Waals surface area contributed by atoms with Gasteiger partial charge in [-0.25, -0.2) is 15.0 Å². The van der Waals surface area contributed by atoms with E-state index < -0.39 is 0 Å². The fourth-order valence-electron chi connectivity index (χ4n) is 2.77. The normalized spacial score (nSPS) is 11.2. The van der Waals surface area contributed by atoms with E-state index >= 15 is 0 Å². The van der Waals surface area contributed by atoms with Crippen molar-refractivity contribution < 1.29 is 4.42 Å². The molecule has 0 aliphatic heterocycles. The van der Waals surface area contributed by atoms with Gasteiger partial charge in [-0.1, -0.05) is 30.3 Å². The largest absolute Gasteiger partial charge is 0.441 e. The minimum Gasteiger partial charge on any atom is -0.441 e. The van der Waals surface area contributed by atoms with Crippen LogP contribution in [0.25, 0.3) is 22.5 Å². The number of hydrogen-bond acceptors (Lipinski definition) is 5. The molecule has 4 rings (SSSR count). The molecule has 0 saturated carbocycles. The Morgan fingerprint density at radius 3 is 2.19 bits per heavy atom. The van der Waals surface area contributed by atoms with Crippen molar-refractivity contribution in [1.82, 2.24) is 15.0 Å². The lowest BCUT2D eigenvalue weighted by atomic mass is 10.2. The number of benzene rings is 2. The standard InChI is InChI=1S/C21H19N3OS/c1-14-19(23-18-11-7-6-10-17(18)22-14)12-26-13-20-15(2)25-21(24-20)16-8-4-3-5-9-16/h3-11H,12-13H2,1-2H3. The van der Waals surface area contributed by atoms with Crippen LogP contribution in [0.2, 0.25) is 0 Å². The topological polar surface area (TPSA) is 51.8 Å². The molecule has 0 atom stereocenters. The van der Waals surface area contributed by atoms with Gasteiger partial charge in [0.25, 0.3) is 0 Å². The third-order valence-electron chi connectivity index (χ3n) is 4.23. The Hall–Kier alpha value is -2.66. The predicted molar refractivity (Wildman–Crippen MR) is 106 cm³/mol. The Labute approximate surface area is 156 Å². The second-order valence-electron chi connectivity index (χ2n) is 6.13. The fraction of sp³-hybridized carbons (Fsp3) is 0.190. The van der Waals surface area contributed by atoms with Crippen molar-refractivity contribution in [2.45, 2.75) is 25.4 Å². The molecule has 0 radical (unpaired) electrons. The molecule has 4 aromatic rings. The SMILES string of the molecule is Cc1nc2ccccc2nc1CSCc1nc(-c2ccccc2)oc1C. The number of nitrogens with zero attached hydrogens (tertiary/aromatic N) is 3. The number of para-hydroxylation sites is 2. The van der Waals surface area contributed by atoms with Crippen molar-refractivity contribution in [3.05, 3.63) is 77.4 Å². The summed E-state index contributed by atoms with van der Waals surface area (Å²) in [4.78, 5) is 14.1. The Kier molecular flexibility index (Phi) is 4.71. The molecule has 0 bridgehead atoms. The molecule has 26 heavy (non-hydrogen) atoms. The smallest absolute Gasteiger partial charge is 0.226 e. The summed E-state index contributed by atoms with van der Waals surface area (Å²) in [5.41, 5.74) is 5.89. The van der Waals surface area contributed by atoms with E-state index in [1.54, 1.807) is 11.8 Å². The third-order valence-corrected chi connectivity index (χ3v) is 5.19. The van der Waals surface area contributed by atoms with Crippen LogP contribution in [0, 0.1) is 13.8 Å². The Balaban J connectivity index is 1.47. The van der Waals surface area contributed by atoms with Gasteiger partial charge in [-0.3, -0.25) is 0 Å². The van der Waals surface area contributed by atoms with E-state index in [1.165, 1.54) is 0 Å². The van der Waals surface area contributed by atoms with E-state index in [0.29, 0.717) is 5.89 Å². The molecule has 5 heteroatoms. The maximum Gasteiger partial charge on any atom is 0.226 e. The lowest BCUT2D eigenvalue weighted by Crippen LogP contribution is -1.97. The number of thioether (sulfide) groups is 1. The van der Waals surface area contributed by atoms with Gasteiger partial charge in [0, 0.05) is 17.1 Å². The van der Waals surface area contributed by atoms with Crippen molar-refractivity contribution in [2.75, 3.05) is 0 Å². The van der Waals surface area contributed by atoms with Gasteiger partial charge in [0.05, 0.1) is 28.1 Å². The maximum atomic E-state index is 5.83. The highest BCUT2D eigenvalue weighted by molar-refractivity contribution is 7.97. The molecular formula is C21H19N3OS. The minimum atomic E-state index is 0.681. The molecule has 0 unspecified atom stereocenters. The molecule has 0 aliphatic rings. The molecule has 0 saturated heterocycles. The number of aryl methyl sites for hydroxylation is 2. The second-order valence-corrected chi connectivity index (χ2v) is 7.11. The lowest BCUT2D eigenvalue weighted by Gasteiger charge is -2.06.